The van der Waals surface area contributed by atoms with Gasteiger partial charge >= 0.3 is 11.9 Å². The molecule has 0 saturated heterocycles. The first kappa shape index (κ1) is 21.4. The molecule has 0 amide bonds. The third-order valence-electron chi connectivity index (χ3n) is 3.56. The van der Waals surface area contributed by atoms with Crippen molar-refractivity contribution in [3.05, 3.63) is 59.2 Å². The highest BCUT2D eigenvalue weighted by Crippen LogP contribution is 2.24. The van der Waals surface area contributed by atoms with E-state index in [1.54, 1.807) is 20.8 Å². The molecule has 28 heavy (non-hydrogen) atoms. The lowest BCUT2D eigenvalue weighted by molar-refractivity contribution is 0.00663. The van der Waals surface area contributed by atoms with E-state index in [2.05, 4.69) is 4.72 Å². The molecule has 0 aliphatic heterocycles. The molecule has 0 atom stereocenters. The number of phenolic OH excluding ortho intramolecular Hbond substituents is 1. The van der Waals surface area contributed by atoms with Gasteiger partial charge in [0.25, 0.3) is 0 Å². The number of hydrogen-bond acceptors (Lipinski definition) is 6. The Kier molecular flexibility index (Phi) is 6.10. The van der Waals surface area contributed by atoms with Crippen LogP contribution in [-0.4, -0.2) is 36.2 Å². The normalized spacial score (nSPS) is 11.8. The molecule has 8 nitrogen and oxygen atoms in total. The maximum Gasteiger partial charge on any atom is 0.342 e. The van der Waals surface area contributed by atoms with Crippen LogP contribution in [0.4, 0.5) is 0 Å². The Bertz CT molecular complexity index is 990. The first-order chi connectivity index (χ1) is 12.9. The number of nitrogens with one attached hydrogen (secondary N) is 1. The van der Waals surface area contributed by atoms with Crippen molar-refractivity contribution in [2.75, 3.05) is 0 Å². The van der Waals surface area contributed by atoms with Crippen LogP contribution in [0.15, 0.2) is 47.4 Å². The fourth-order valence-corrected chi connectivity index (χ4v) is 3.25. The van der Waals surface area contributed by atoms with E-state index in [-0.39, 0.29) is 22.6 Å². The summed E-state index contributed by atoms with van der Waals surface area (Å²) >= 11 is 0. The second-order valence-corrected chi connectivity index (χ2v) is 8.77. The minimum Gasteiger partial charge on any atom is -0.507 e. The molecule has 0 fully saturated rings. The van der Waals surface area contributed by atoms with Crippen LogP contribution in [-0.2, 0) is 21.3 Å². The lowest BCUT2D eigenvalue weighted by Crippen LogP contribution is -2.25. The zero-order valence-electron chi connectivity index (χ0n) is 15.6. The molecule has 0 aromatic heterocycles. The summed E-state index contributed by atoms with van der Waals surface area (Å²) < 4.78 is 32.6. The van der Waals surface area contributed by atoms with Crippen molar-refractivity contribution in [2.45, 2.75) is 37.8 Å². The number of carbonyl (C=O) groups is 2. The zero-order chi connectivity index (χ0) is 21.1. The van der Waals surface area contributed by atoms with E-state index < -0.39 is 33.3 Å². The molecule has 0 unspecified atom stereocenters. The van der Waals surface area contributed by atoms with Gasteiger partial charge in [-0.3, -0.25) is 0 Å². The number of sulfonamides is 1. The smallest absolute Gasteiger partial charge is 0.342 e. The minimum absolute atomic E-state index is 0.0785. The molecule has 0 heterocycles. The van der Waals surface area contributed by atoms with Gasteiger partial charge in [0.15, 0.2) is 0 Å². The molecule has 0 spiro atoms. The van der Waals surface area contributed by atoms with Crippen molar-refractivity contribution in [2.24, 2.45) is 0 Å². The van der Waals surface area contributed by atoms with Gasteiger partial charge in [-0.05, 0) is 56.7 Å². The van der Waals surface area contributed by atoms with E-state index >= 15 is 0 Å². The molecule has 0 aliphatic carbocycles. The van der Waals surface area contributed by atoms with Crippen LogP contribution in [0.3, 0.4) is 0 Å². The third kappa shape index (κ3) is 5.54. The Balaban J connectivity index is 2.20. The van der Waals surface area contributed by atoms with Crippen LogP contribution in [0.2, 0.25) is 0 Å². The van der Waals surface area contributed by atoms with E-state index in [1.165, 1.54) is 30.3 Å². The summed E-state index contributed by atoms with van der Waals surface area (Å²) in [5.74, 6) is -2.31. The van der Waals surface area contributed by atoms with Crippen molar-refractivity contribution in [3.8, 4) is 5.75 Å². The molecule has 2 aromatic carbocycles. The molecule has 0 bridgehead atoms. The van der Waals surface area contributed by atoms with Crippen LogP contribution in [0, 0.1) is 0 Å². The monoisotopic (exact) mass is 407 g/mol. The van der Waals surface area contributed by atoms with Crippen LogP contribution in [0.5, 0.6) is 5.75 Å². The van der Waals surface area contributed by atoms with Gasteiger partial charge in [0.05, 0.1) is 10.5 Å². The predicted octanol–water partition coefficient (Wildman–Crippen LogP) is 2.52. The third-order valence-corrected chi connectivity index (χ3v) is 4.96. The van der Waals surface area contributed by atoms with Crippen molar-refractivity contribution in [1.29, 1.82) is 0 Å². The number of ether oxygens (including phenoxy) is 1. The predicted molar refractivity (Wildman–Crippen MR) is 101 cm³/mol. The molecular weight excluding hydrogens is 386 g/mol. The summed E-state index contributed by atoms with van der Waals surface area (Å²) in [6, 6.07) is 9.04. The Morgan fingerprint density at radius 1 is 1.07 bits per heavy atom. The highest BCUT2D eigenvalue weighted by Gasteiger charge is 2.23. The molecule has 150 valence electrons. The van der Waals surface area contributed by atoms with Gasteiger partial charge in [-0.2, -0.15) is 0 Å². The molecular formula is C19H21NO7S. The first-order valence-electron chi connectivity index (χ1n) is 8.27. The number of carboxylic acids is 1. The van der Waals surface area contributed by atoms with Crippen molar-refractivity contribution >= 4 is 22.0 Å². The van der Waals surface area contributed by atoms with Crippen molar-refractivity contribution < 1.29 is 33.0 Å². The standard InChI is InChI=1S/C19H21NO7S/c1-19(2,3)27-18(24)15-10-14(8-9-16(15)21)28(25,26)20-11-12-4-6-13(7-5-12)17(22)23/h4-10,20-21H,11H2,1-3H3,(H,22,23). The van der Waals surface area contributed by atoms with Crippen LogP contribution in [0.1, 0.15) is 47.1 Å². The maximum atomic E-state index is 12.5. The fourth-order valence-electron chi connectivity index (χ4n) is 2.21. The van der Waals surface area contributed by atoms with Crippen LogP contribution in [0.25, 0.3) is 0 Å². The Morgan fingerprint density at radius 2 is 1.68 bits per heavy atom. The van der Waals surface area contributed by atoms with Gasteiger partial charge in [0.2, 0.25) is 10.0 Å². The fraction of sp³-hybridized carbons (Fsp3) is 0.263. The van der Waals surface area contributed by atoms with Gasteiger partial charge in [0, 0.05) is 6.54 Å². The molecule has 0 aliphatic rings. The van der Waals surface area contributed by atoms with E-state index in [9.17, 15) is 23.1 Å². The second kappa shape index (κ2) is 7.99. The number of rotatable bonds is 6. The van der Waals surface area contributed by atoms with Gasteiger partial charge in [-0.25, -0.2) is 22.7 Å². The Morgan fingerprint density at radius 3 is 2.21 bits per heavy atom. The maximum absolute atomic E-state index is 12.5. The van der Waals surface area contributed by atoms with Crippen LogP contribution < -0.4 is 4.72 Å². The summed E-state index contributed by atoms with van der Waals surface area (Å²) in [6.45, 7) is 4.88. The van der Waals surface area contributed by atoms with E-state index in [0.29, 0.717) is 5.56 Å². The number of aromatic carboxylic acids is 1. The molecule has 9 heteroatoms. The Hall–Kier alpha value is -2.91. The lowest BCUT2D eigenvalue weighted by atomic mass is 10.1. The topological polar surface area (TPSA) is 130 Å². The number of carboxylic acid groups (broad SMARTS) is 1. The van der Waals surface area contributed by atoms with Gasteiger partial charge < -0.3 is 14.9 Å². The summed E-state index contributed by atoms with van der Waals surface area (Å²) in [4.78, 5) is 22.8. The number of carbonyl (C=O) groups excluding carboxylic acids is 1. The lowest BCUT2D eigenvalue weighted by Gasteiger charge is -2.20. The number of esters is 1. The van der Waals surface area contributed by atoms with Gasteiger partial charge in [0.1, 0.15) is 16.9 Å². The number of aromatic hydroxyl groups is 1. The summed E-state index contributed by atoms with van der Waals surface area (Å²) in [7, 11) is -3.99. The number of phenols is 1. The summed E-state index contributed by atoms with van der Waals surface area (Å²) in [6.07, 6.45) is 0. The zero-order valence-corrected chi connectivity index (χ0v) is 16.4. The average Bonchev–Trinajstić information content (AvgIpc) is 2.59. The summed E-state index contributed by atoms with van der Waals surface area (Å²) in [5.41, 5.74) is -0.422. The van der Waals surface area contributed by atoms with E-state index in [4.69, 9.17) is 9.84 Å². The molecule has 3 N–H and O–H groups in total. The van der Waals surface area contributed by atoms with E-state index in [1.807, 2.05) is 0 Å². The molecule has 0 saturated carbocycles. The summed E-state index contributed by atoms with van der Waals surface area (Å²) in [5, 5.41) is 18.8. The highest BCUT2D eigenvalue weighted by molar-refractivity contribution is 7.89. The van der Waals surface area contributed by atoms with Crippen LogP contribution >= 0.6 is 0 Å². The molecule has 2 aromatic rings. The highest BCUT2D eigenvalue weighted by atomic mass is 32.2. The van der Waals surface area contributed by atoms with Crippen molar-refractivity contribution in [1.82, 2.24) is 4.72 Å². The molecule has 0 radical (unpaired) electrons. The minimum atomic E-state index is -3.99. The molecule has 2 rings (SSSR count). The van der Waals surface area contributed by atoms with Crippen molar-refractivity contribution in [3.63, 3.8) is 0 Å². The number of hydrogen-bond donors (Lipinski definition) is 3. The van der Waals surface area contributed by atoms with Gasteiger partial charge in [-0.1, -0.05) is 12.1 Å². The second-order valence-electron chi connectivity index (χ2n) is 7.01. The quantitative estimate of drug-likeness (QED) is 0.627. The number of benzene rings is 2. The van der Waals surface area contributed by atoms with E-state index in [0.717, 1.165) is 12.1 Å². The average molecular weight is 407 g/mol. The first-order valence-corrected chi connectivity index (χ1v) is 9.75. The Labute approximate surface area is 162 Å². The van der Waals surface area contributed by atoms with Gasteiger partial charge in [-0.15, -0.1) is 0 Å². The largest absolute Gasteiger partial charge is 0.507 e. The SMILES string of the molecule is CC(C)(C)OC(=O)c1cc(S(=O)(=O)NCc2ccc(C(=O)O)cc2)ccc1O.